The number of hydrogen-bond donors (Lipinski definition) is 2. The fraction of sp³-hybridized carbons (Fsp3) is 0.400. The Balaban J connectivity index is 0.000000273. The van der Waals surface area contributed by atoms with E-state index in [4.69, 9.17) is 4.74 Å². The van der Waals surface area contributed by atoms with Crippen LogP contribution < -0.4 is 15.4 Å². The van der Waals surface area contributed by atoms with Gasteiger partial charge in [-0.1, -0.05) is 13.3 Å². The maximum absolute atomic E-state index is 13.1. The third kappa shape index (κ3) is 6.60. The molecule has 7 heteroatoms. The van der Waals surface area contributed by atoms with Gasteiger partial charge >= 0.3 is 0 Å². The van der Waals surface area contributed by atoms with Gasteiger partial charge in [-0.05, 0) is 56.1 Å². The van der Waals surface area contributed by atoms with Crippen LogP contribution in [0.1, 0.15) is 43.0 Å². The SMILES string of the molecule is CC[C@H]1CCCCN1.CNC(=O)c1cc(F)cnc1Oc1ccc(F)cc1. The van der Waals surface area contributed by atoms with Crippen molar-refractivity contribution in [2.75, 3.05) is 13.6 Å². The summed E-state index contributed by atoms with van der Waals surface area (Å²) in [6.45, 7) is 3.50. The highest BCUT2D eigenvalue weighted by Gasteiger charge is 2.15. The van der Waals surface area contributed by atoms with Crippen molar-refractivity contribution in [3.8, 4) is 11.6 Å². The molecule has 1 fully saturated rings. The van der Waals surface area contributed by atoms with Gasteiger partial charge in [0.1, 0.15) is 22.9 Å². The second kappa shape index (κ2) is 10.6. The molecule has 1 amide bonds. The summed E-state index contributed by atoms with van der Waals surface area (Å²) in [7, 11) is 1.41. The number of amides is 1. The number of aromatic nitrogens is 1. The van der Waals surface area contributed by atoms with Crippen molar-refractivity contribution in [2.45, 2.75) is 38.6 Å². The molecule has 1 aromatic heterocycles. The topological polar surface area (TPSA) is 63.2 Å². The normalized spacial score (nSPS) is 16.1. The van der Waals surface area contributed by atoms with Crippen LogP contribution in [0.3, 0.4) is 0 Å². The molecule has 0 saturated carbocycles. The van der Waals surface area contributed by atoms with E-state index in [-0.39, 0.29) is 11.4 Å². The molecular weight excluding hydrogens is 352 g/mol. The van der Waals surface area contributed by atoms with Crippen LogP contribution in [-0.4, -0.2) is 30.5 Å². The van der Waals surface area contributed by atoms with Gasteiger partial charge in [-0.25, -0.2) is 13.8 Å². The first-order valence-electron chi connectivity index (χ1n) is 9.08. The van der Waals surface area contributed by atoms with Crippen molar-refractivity contribution in [1.82, 2.24) is 15.6 Å². The van der Waals surface area contributed by atoms with E-state index in [1.54, 1.807) is 0 Å². The van der Waals surface area contributed by atoms with Crippen molar-refractivity contribution in [1.29, 1.82) is 0 Å². The first-order valence-corrected chi connectivity index (χ1v) is 9.08. The van der Waals surface area contributed by atoms with Gasteiger partial charge in [0.25, 0.3) is 5.91 Å². The molecule has 3 rings (SSSR count). The van der Waals surface area contributed by atoms with Gasteiger partial charge in [-0.2, -0.15) is 0 Å². The quantitative estimate of drug-likeness (QED) is 0.844. The van der Waals surface area contributed by atoms with Gasteiger partial charge < -0.3 is 15.4 Å². The summed E-state index contributed by atoms with van der Waals surface area (Å²) in [5.41, 5.74) is -0.0353. The summed E-state index contributed by atoms with van der Waals surface area (Å²) in [6, 6.07) is 7.03. The number of carbonyl (C=O) groups excluding carboxylic acids is 1. The molecule has 1 aromatic carbocycles. The molecule has 2 heterocycles. The molecule has 5 nitrogen and oxygen atoms in total. The molecule has 2 N–H and O–H groups in total. The molecule has 146 valence electrons. The molecule has 1 aliphatic heterocycles. The van der Waals surface area contributed by atoms with Gasteiger partial charge in [0.05, 0.1) is 6.20 Å². The van der Waals surface area contributed by atoms with E-state index in [1.165, 1.54) is 63.5 Å². The Bertz CT molecular complexity index is 733. The Morgan fingerprint density at radius 2 is 2.00 bits per heavy atom. The van der Waals surface area contributed by atoms with Gasteiger partial charge in [0, 0.05) is 13.1 Å². The fourth-order valence-electron chi connectivity index (χ4n) is 2.69. The first-order chi connectivity index (χ1) is 13.0. The van der Waals surface area contributed by atoms with Crippen LogP contribution in [0.25, 0.3) is 0 Å². The lowest BCUT2D eigenvalue weighted by atomic mass is 10.0. The Morgan fingerprint density at radius 1 is 1.26 bits per heavy atom. The minimum atomic E-state index is -0.648. The molecule has 0 bridgehead atoms. The second-order valence-electron chi connectivity index (χ2n) is 6.20. The Morgan fingerprint density at radius 3 is 2.56 bits per heavy atom. The first kappa shape index (κ1) is 20.8. The van der Waals surface area contributed by atoms with Crippen molar-refractivity contribution in [3.05, 3.63) is 53.7 Å². The van der Waals surface area contributed by atoms with Crippen molar-refractivity contribution in [3.63, 3.8) is 0 Å². The van der Waals surface area contributed by atoms with E-state index >= 15 is 0 Å². The number of nitrogens with zero attached hydrogens (tertiary/aromatic N) is 1. The predicted molar refractivity (Wildman–Crippen MR) is 100.0 cm³/mol. The summed E-state index contributed by atoms with van der Waals surface area (Å²) >= 11 is 0. The van der Waals surface area contributed by atoms with Crippen molar-refractivity contribution in [2.24, 2.45) is 0 Å². The Labute approximate surface area is 158 Å². The third-order valence-corrected chi connectivity index (χ3v) is 4.22. The fourth-order valence-corrected chi connectivity index (χ4v) is 2.69. The summed E-state index contributed by atoms with van der Waals surface area (Å²) in [5.74, 6) is -1.34. The largest absolute Gasteiger partial charge is 0.438 e. The molecule has 0 radical (unpaired) electrons. The lowest BCUT2D eigenvalue weighted by Crippen LogP contribution is -2.32. The minimum Gasteiger partial charge on any atom is -0.438 e. The molecule has 0 spiro atoms. The smallest absolute Gasteiger partial charge is 0.256 e. The van der Waals surface area contributed by atoms with E-state index in [0.717, 1.165) is 18.3 Å². The predicted octanol–water partition coefficient (Wildman–Crippen LogP) is 4.05. The van der Waals surface area contributed by atoms with E-state index in [1.807, 2.05) is 0 Å². The standard InChI is InChI=1S/C13H10F2N2O2.C7H15N/c1-16-12(18)11-6-9(15)7-17-13(11)19-10-4-2-8(14)3-5-10;1-2-7-5-3-4-6-8-7/h2-7H,1H3,(H,16,18);7-8H,2-6H2,1H3/t;7-/m.0/s1. The number of nitrogens with one attached hydrogen (secondary N) is 2. The number of hydrogen-bond acceptors (Lipinski definition) is 4. The van der Waals surface area contributed by atoms with E-state index in [2.05, 4.69) is 22.5 Å². The highest BCUT2D eigenvalue weighted by Crippen LogP contribution is 2.23. The lowest BCUT2D eigenvalue weighted by Gasteiger charge is -2.21. The van der Waals surface area contributed by atoms with E-state index in [9.17, 15) is 13.6 Å². The third-order valence-electron chi connectivity index (χ3n) is 4.22. The number of benzene rings is 1. The maximum atomic E-state index is 13.1. The summed E-state index contributed by atoms with van der Waals surface area (Å²) in [5, 5.41) is 5.83. The molecule has 27 heavy (non-hydrogen) atoms. The summed E-state index contributed by atoms with van der Waals surface area (Å²) in [4.78, 5) is 15.3. The highest BCUT2D eigenvalue weighted by atomic mass is 19.1. The zero-order valence-corrected chi connectivity index (χ0v) is 15.6. The molecule has 1 atom stereocenters. The van der Waals surface area contributed by atoms with Gasteiger partial charge in [-0.3, -0.25) is 4.79 Å². The van der Waals surface area contributed by atoms with Gasteiger partial charge in [0.15, 0.2) is 0 Å². The number of piperidine rings is 1. The monoisotopic (exact) mass is 377 g/mol. The van der Waals surface area contributed by atoms with Gasteiger partial charge in [0.2, 0.25) is 5.88 Å². The molecule has 0 aliphatic carbocycles. The average molecular weight is 377 g/mol. The summed E-state index contributed by atoms with van der Waals surface area (Å²) < 4.78 is 31.2. The zero-order valence-electron chi connectivity index (χ0n) is 15.6. The number of ether oxygens (including phenoxy) is 1. The van der Waals surface area contributed by atoms with Gasteiger partial charge in [-0.15, -0.1) is 0 Å². The van der Waals surface area contributed by atoms with Crippen LogP contribution in [0.2, 0.25) is 0 Å². The number of carbonyl (C=O) groups is 1. The average Bonchev–Trinajstić information content (AvgIpc) is 2.71. The lowest BCUT2D eigenvalue weighted by molar-refractivity contribution is 0.0959. The highest BCUT2D eigenvalue weighted by molar-refractivity contribution is 5.96. The molecule has 0 unspecified atom stereocenters. The molecule has 2 aromatic rings. The minimum absolute atomic E-state index is 0.0353. The number of pyridine rings is 1. The number of halogens is 2. The van der Waals surface area contributed by atoms with E-state index in [0.29, 0.717) is 5.75 Å². The van der Waals surface area contributed by atoms with Crippen LogP contribution in [-0.2, 0) is 0 Å². The molecule has 1 saturated heterocycles. The number of rotatable bonds is 4. The van der Waals surface area contributed by atoms with E-state index < -0.39 is 17.5 Å². The van der Waals surface area contributed by atoms with Crippen molar-refractivity contribution >= 4 is 5.91 Å². The van der Waals surface area contributed by atoms with Crippen LogP contribution in [0.4, 0.5) is 8.78 Å². The maximum Gasteiger partial charge on any atom is 0.256 e. The van der Waals surface area contributed by atoms with Crippen LogP contribution in [0.5, 0.6) is 11.6 Å². The van der Waals surface area contributed by atoms with Crippen LogP contribution >= 0.6 is 0 Å². The molecule has 1 aliphatic rings. The molecular formula is C20H25F2N3O2. The zero-order chi connectivity index (χ0) is 19.6. The Kier molecular flexibility index (Phi) is 8.13. The van der Waals surface area contributed by atoms with Crippen LogP contribution in [0, 0.1) is 11.6 Å². The van der Waals surface area contributed by atoms with Crippen LogP contribution in [0.15, 0.2) is 36.5 Å². The van der Waals surface area contributed by atoms with Crippen molar-refractivity contribution < 1.29 is 18.3 Å². The Hall–Kier alpha value is -2.54. The summed E-state index contributed by atoms with van der Waals surface area (Å²) in [6.07, 6.45) is 6.46. The second-order valence-corrected chi connectivity index (χ2v) is 6.20.